The molecule has 1 aromatic heterocycles. The summed E-state index contributed by atoms with van der Waals surface area (Å²) in [6.07, 6.45) is 6.35. The average Bonchev–Trinajstić information content (AvgIpc) is 2.56. The van der Waals surface area contributed by atoms with Crippen molar-refractivity contribution < 1.29 is 0 Å². The molecular weight excluding hydrogens is 338 g/mol. The number of piperazine rings is 1. The molecule has 4 heteroatoms. The van der Waals surface area contributed by atoms with Crippen molar-refractivity contribution in [2.75, 3.05) is 24.5 Å². The van der Waals surface area contributed by atoms with E-state index in [0.29, 0.717) is 6.04 Å². The van der Waals surface area contributed by atoms with Crippen molar-refractivity contribution in [2.24, 2.45) is 0 Å². The third-order valence-electron chi connectivity index (χ3n) is 4.84. The summed E-state index contributed by atoms with van der Waals surface area (Å²) in [6.45, 7) is 4.44. The third kappa shape index (κ3) is 2.66. The second-order valence-electron chi connectivity index (χ2n) is 6.23. The van der Waals surface area contributed by atoms with E-state index >= 15 is 0 Å². The Hall–Kier alpha value is -1.39. The molecule has 0 spiro atoms. The minimum Gasteiger partial charge on any atom is -0.364 e. The van der Waals surface area contributed by atoms with E-state index in [1.54, 1.807) is 0 Å². The van der Waals surface area contributed by atoms with Crippen LogP contribution in [0.25, 0.3) is 0 Å². The average molecular weight is 358 g/mol. The van der Waals surface area contributed by atoms with Gasteiger partial charge < -0.3 is 4.90 Å². The van der Waals surface area contributed by atoms with Crippen LogP contribution in [0, 0.1) is 0 Å². The zero-order valence-electron chi connectivity index (χ0n) is 12.6. The van der Waals surface area contributed by atoms with Gasteiger partial charge in [0.15, 0.2) is 0 Å². The van der Waals surface area contributed by atoms with E-state index in [9.17, 15) is 0 Å². The Morgan fingerprint density at radius 1 is 1.14 bits per heavy atom. The van der Waals surface area contributed by atoms with Gasteiger partial charge in [-0.15, -0.1) is 0 Å². The summed E-state index contributed by atoms with van der Waals surface area (Å²) in [6, 6.07) is 11.4. The first kappa shape index (κ1) is 14.2. The first-order valence-corrected chi connectivity index (χ1v) is 8.76. The molecule has 0 N–H and O–H groups in total. The van der Waals surface area contributed by atoms with Gasteiger partial charge in [-0.25, -0.2) is 0 Å². The lowest BCUT2D eigenvalue weighted by Gasteiger charge is -2.46. The molecule has 114 valence electrons. The van der Waals surface area contributed by atoms with Gasteiger partial charge in [0.2, 0.25) is 0 Å². The van der Waals surface area contributed by atoms with Crippen molar-refractivity contribution in [1.82, 2.24) is 9.88 Å². The van der Waals surface area contributed by atoms with Gasteiger partial charge in [0.05, 0.1) is 11.9 Å². The van der Waals surface area contributed by atoms with Gasteiger partial charge in [-0.2, -0.15) is 0 Å². The van der Waals surface area contributed by atoms with Crippen LogP contribution in [-0.2, 0) is 13.0 Å². The maximum absolute atomic E-state index is 4.37. The Labute approximate surface area is 140 Å². The summed E-state index contributed by atoms with van der Waals surface area (Å²) in [4.78, 5) is 9.53. The number of anilines is 1. The highest BCUT2D eigenvalue weighted by Crippen LogP contribution is 2.36. The molecule has 2 aliphatic heterocycles. The molecule has 0 bridgehead atoms. The van der Waals surface area contributed by atoms with Gasteiger partial charge in [-0.1, -0.05) is 30.3 Å². The van der Waals surface area contributed by atoms with Crippen LogP contribution in [-0.4, -0.2) is 35.6 Å². The zero-order chi connectivity index (χ0) is 14.9. The molecule has 22 heavy (non-hydrogen) atoms. The monoisotopic (exact) mass is 357 g/mol. The zero-order valence-corrected chi connectivity index (χ0v) is 14.2. The van der Waals surface area contributed by atoms with Gasteiger partial charge in [0.1, 0.15) is 0 Å². The third-order valence-corrected chi connectivity index (χ3v) is 5.52. The molecule has 2 aliphatic rings. The second kappa shape index (κ2) is 6.01. The van der Waals surface area contributed by atoms with E-state index in [2.05, 4.69) is 61.0 Å². The van der Waals surface area contributed by atoms with Crippen LogP contribution in [0.1, 0.15) is 17.5 Å². The normalized spacial score (nSPS) is 21.3. The van der Waals surface area contributed by atoms with Crippen LogP contribution in [0.5, 0.6) is 0 Å². The molecule has 2 aromatic rings. The lowest BCUT2D eigenvalue weighted by atomic mass is 9.95. The summed E-state index contributed by atoms with van der Waals surface area (Å²) >= 11 is 3.66. The van der Waals surface area contributed by atoms with Crippen LogP contribution < -0.4 is 4.90 Å². The van der Waals surface area contributed by atoms with Crippen molar-refractivity contribution in [3.8, 4) is 0 Å². The molecule has 1 saturated heterocycles. The predicted octanol–water partition coefficient (Wildman–Crippen LogP) is 3.48. The number of pyridine rings is 1. The number of nitrogens with zero attached hydrogens (tertiary/aromatic N) is 3. The van der Waals surface area contributed by atoms with Gasteiger partial charge in [0, 0.05) is 42.9 Å². The minimum atomic E-state index is 0.626. The molecule has 1 atom stereocenters. The van der Waals surface area contributed by atoms with Crippen molar-refractivity contribution in [2.45, 2.75) is 25.4 Å². The van der Waals surface area contributed by atoms with Crippen molar-refractivity contribution in [3.63, 3.8) is 0 Å². The lowest BCUT2D eigenvalue weighted by molar-refractivity contribution is 0.206. The van der Waals surface area contributed by atoms with Crippen molar-refractivity contribution in [1.29, 1.82) is 0 Å². The van der Waals surface area contributed by atoms with Gasteiger partial charge in [0.25, 0.3) is 0 Å². The molecule has 0 aliphatic carbocycles. The molecular formula is C18H20BrN3. The van der Waals surface area contributed by atoms with E-state index in [1.165, 1.54) is 23.2 Å². The molecule has 0 amide bonds. The van der Waals surface area contributed by atoms with Gasteiger partial charge in [-0.05, 0) is 39.9 Å². The predicted molar refractivity (Wildman–Crippen MR) is 93.1 cm³/mol. The molecule has 3 heterocycles. The fourth-order valence-corrected chi connectivity index (χ4v) is 4.25. The molecule has 1 unspecified atom stereocenters. The maximum atomic E-state index is 4.37. The fraction of sp³-hybridized carbons (Fsp3) is 0.389. The van der Waals surface area contributed by atoms with Gasteiger partial charge in [-0.3, -0.25) is 9.88 Å². The second-order valence-corrected chi connectivity index (χ2v) is 7.08. The molecule has 4 rings (SSSR count). The largest absolute Gasteiger partial charge is 0.364 e. The SMILES string of the molecule is Brc1cncc2c1CCC1CN(Cc3ccccc3)CCN21. The topological polar surface area (TPSA) is 19.4 Å². The Kier molecular flexibility index (Phi) is 3.89. The van der Waals surface area contributed by atoms with E-state index in [1.807, 2.05) is 12.4 Å². The minimum absolute atomic E-state index is 0.626. The number of fused-ring (bicyclic) bond motifs is 3. The first-order chi connectivity index (χ1) is 10.8. The number of rotatable bonds is 2. The standard InChI is InChI=1S/C18H20BrN3/c19-17-10-20-11-18-16(17)7-6-15-13-21(8-9-22(15)18)12-14-4-2-1-3-5-14/h1-5,10-11,15H,6-9,12-13H2. The highest BCUT2D eigenvalue weighted by atomic mass is 79.9. The first-order valence-electron chi connectivity index (χ1n) is 7.96. The Morgan fingerprint density at radius 2 is 2.00 bits per heavy atom. The van der Waals surface area contributed by atoms with Crippen LogP contribution in [0.2, 0.25) is 0 Å². The van der Waals surface area contributed by atoms with Crippen molar-refractivity contribution in [3.05, 3.63) is 58.3 Å². The molecule has 3 nitrogen and oxygen atoms in total. The van der Waals surface area contributed by atoms with Crippen LogP contribution in [0.15, 0.2) is 47.2 Å². The molecule has 1 aromatic carbocycles. The molecule has 0 saturated carbocycles. The van der Waals surface area contributed by atoms with E-state index in [0.717, 1.165) is 37.1 Å². The van der Waals surface area contributed by atoms with Gasteiger partial charge >= 0.3 is 0 Å². The summed E-state index contributed by atoms with van der Waals surface area (Å²) in [5.74, 6) is 0. The summed E-state index contributed by atoms with van der Waals surface area (Å²) in [5, 5.41) is 0. The molecule has 0 radical (unpaired) electrons. The van der Waals surface area contributed by atoms with Crippen LogP contribution in [0.3, 0.4) is 0 Å². The summed E-state index contributed by atoms with van der Waals surface area (Å²) in [5.41, 5.74) is 4.18. The number of hydrogen-bond donors (Lipinski definition) is 0. The quantitative estimate of drug-likeness (QED) is 0.820. The van der Waals surface area contributed by atoms with Crippen LogP contribution in [0.4, 0.5) is 5.69 Å². The molecule has 1 fully saturated rings. The highest BCUT2D eigenvalue weighted by molar-refractivity contribution is 9.10. The Bertz CT molecular complexity index is 659. The maximum Gasteiger partial charge on any atom is 0.0600 e. The summed E-state index contributed by atoms with van der Waals surface area (Å²) < 4.78 is 1.16. The van der Waals surface area contributed by atoms with Crippen LogP contribution >= 0.6 is 15.9 Å². The smallest absolute Gasteiger partial charge is 0.0600 e. The van der Waals surface area contributed by atoms with E-state index in [4.69, 9.17) is 0 Å². The van der Waals surface area contributed by atoms with E-state index < -0.39 is 0 Å². The van der Waals surface area contributed by atoms with Crippen molar-refractivity contribution >= 4 is 21.6 Å². The summed E-state index contributed by atoms with van der Waals surface area (Å²) in [7, 11) is 0. The fourth-order valence-electron chi connectivity index (χ4n) is 3.73. The number of halogens is 1. The van der Waals surface area contributed by atoms with E-state index in [-0.39, 0.29) is 0 Å². The number of aromatic nitrogens is 1. The number of benzene rings is 1. The Morgan fingerprint density at radius 3 is 2.86 bits per heavy atom. The highest BCUT2D eigenvalue weighted by Gasteiger charge is 2.32. The lowest BCUT2D eigenvalue weighted by Crippen LogP contribution is -2.54. The Balaban J connectivity index is 1.50. The number of hydrogen-bond acceptors (Lipinski definition) is 3.